The van der Waals surface area contributed by atoms with Crippen molar-refractivity contribution >= 4 is 21.4 Å². The molecule has 0 aliphatic heterocycles. The first-order valence-corrected chi connectivity index (χ1v) is 7.14. The average molecular weight is 248 g/mol. The van der Waals surface area contributed by atoms with Gasteiger partial charge in [-0.2, -0.15) is 0 Å². The largest absolute Gasteiger partial charge is 0.305 e. The second-order valence-corrected chi connectivity index (χ2v) is 6.17. The highest BCUT2D eigenvalue weighted by molar-refractivity contribution is 7.91. The van der Waals surface area contributed by atoms with Crippen LogP contribution in [0.5, 0.6) is 0 Å². The normalized spacial score (nSPS) is 12.2. The summed E-state index contributed by atoms with van der Waals surface area (Å²) in [6, 6.07) is 3.34. The first kappa shape index (κ1) is 12.6. The molecule has 4 nitrogen and oxygen atoms in total. The highest BCUT2D eigenvalue weighted by atomic mass is 32.2. The van der Waals surface area contributed by atoms with Crippen LogP contribution < -0.4 is 4.72 Å². The Hall–Kier alpha value is -0.430. The van der Waals surface area contributed by atoms with Crippen LogP contribution in [0.3, 0.4) is 0 Å². The molecule has 6 heteroatoms. The molecular weight excluding hydrogens is 232 g/mol. The molecule has 0 fully saturated rings. The SMILES string of the molecule is CCN(C)CCNS(=O)(=O)c1cccs1. The van der Waals surface area contributed by atoms with Gasteiger partial charge in [0.1, 0.15) is 4.21 Å². The van der Waals surface area contributed by atoms with Crippen molar-refractivity contribution in [1.29, 1.82) is 0 Å². The Kier molecular flexibility index (Phi) is 4.72. The van der Waals surface area contributed by atoms with E-state index in [0.717, 1.165) is 13.1 Å². The van der Waals surface area contributed by atoms with Crippen molar-refractivity contribution in [2.75, 3.05) is 26.7 Å². The van der Waals surface area contributed by atoms with Gasteiger partial charge < -0.3 is 4.90 Å². The summed E-state index contributed by atoms with van der Waals surface area (Å²) in [5.41, 5.74) is 0. The van der Waals surface area contributed by atoms with Crippen LogP contribution in [0, 0.1) is 0 Å². The molecule has 0 radical (unpaired) electrons. The molecule has 15 heavy (non-hydrogen) atoms. The smallest absolute Gasteiger partial charge is 0.250 e. The summed E-state index contributed by atoms with van der Waals surface area (Å²) < 4.78 is 26.2. The van der Waals surface area contributed by atoms with E-state index in [1.54, 1.807) is 17.5 Å². The first-order valence-electron chi connectivity index (χ1n) is 4.78. The summed E-state index contributed by atoms with van der Waals surface area (Å²) in [5, 5.41) is 1.76. The van der Waals surface area contributed by atoms with Gasteiger partial charge in [-0.25, -0.2) is 13.1 Å². The zero-order chi connectivity index (χ0) is 11.3. The Bertz CT molecular complexity index is 373. The van der Waals surface area contributed by atoms with E-state index in [9.17, 15) is 8.42 Å². The molecule has 0 spiro atoms. The van der Waals surface area contributed by atoms with Crippen molar-refractivity contribution in [3.05, 3.63) is 17.5 Å². The number of likely N-dealkylation sites (N-methyl/N-ethyl adjacent to an activating group) is 1. The van der Waals surface area contributed by atoms with E-state index >= 15 is 0 Å². The van der Waals surface area contributed by atoms with Crippen LogP contribution in [0.1, 0.15) is 6.92 Å². The molecule has 1 aromatic heterocycles. The molecule has 1 N–H and O–H groups in total. The summed E-state index contributed by atoms with van der Waals surface area (Å²) in [7, 11) is -1.32. The third-order valence-electron chi connectivity index (χ3n) is 2.09. The Morgan fingerprint density at radius 3 is 2.80 bits per heavy atom. The van der Waals surface area contributed by atoms with Crippen LogP contribution >= 0.6 is 11.3 Å². The molecule has 0 saturated carbocycles. The van der Waals surface area contributed by atoms with E-state index in [-0.39, 0.29) is 0 Å². The van der Waals surface area contributed by atoms with Crippen molar-refractivity contribution in [1.82, 2.24) is 9.62 Å². The lowest BCUT2D eigenvalue weighted by molar-refractivity contribution is 0.358. The molecule has 0 atom stereocenters. The third-order valence-corrected chi connectivity index (χ3v) is 4.94. The second kappa shape index (κ2) is 5.60. The molecule has 1 heterocycles. The van der Waals surface area contributed by atoms with Gasteiger partial charge >= 0.3 is 0 Å². The zero-order valence-corrected chi connectivity index (χ0v) is 10.6. The van der Waals surface area contributed by atoms with E-state index in [2.05, 4.69) is 9.62 Å². The summed E-state index contributed by atoms with van der Waals surface area (Å²) in [5.74, 6) is 0. The van der Waals surface area contributed by atoms with Crippen molar-refractivity contribution in [3.63, 3.8) is 0 Å². The minimum atomic E-state index is -3.28. The third kappa shape index (κ3) is 3.90. The first-order chi connectivity index (χ1) is 7.06. The average Bonchev–Trinajstić information content (AvgIpc) is 2.70. The Morgan fingerprint density at radius 2 is 2.27 bits per heavy atom. The quantitative estimate of drug-likeness (QED) is 0.816. The molecule has 0 amide bonds. The van der Waals surface area contributed by atoms with Gasteiger partial charge in [0.25, 0.3) is 0 Å². The maximum Gasteiger partial charge on any atom is 0.250 e. The van der Waals surface area contributed by atoms with E-state index < -0.39 is 10.0 Å². The molecule has 0 aliphatic rings. The fourth-order valence-electron chi connectivity index (χ4n) is 1.02. The maximum atomic E-state index is 11.6. The van der Waals surface area contributed by atoms with Gasteiger partial charge in [-0.3, -0.25) is 0 Å². The lowest BCUT2D eigenvalue weighted by Gasteiger charge is -2.13. The molecule has 0 aromatic carbocycles. The number of hydrogen-bond donors (Lipinski definition) is 1. The van der Waals surface area contributed by atoms with Crippen LogP contribution in [0.4, 0.5) is 0 Å². The minimum absolute atomic E-state index is 0.377. The molecule has 0 bridgehead atoms. The van der Waals surface area contributed by atoms with Crippen molar-refractivity contribution in [3.8, 4) is 0 Å². The monoisotopic (exact) mass is 248 g/mol. The van der Waals surface area contributed by atoms with Gasteiger partial charge in [0.15, 0.2) is 0 Å². The zero-order valence-electron chi connectivity index (χ0n) is 8.93. The van der Waals surface area contributed by atoms with Gasteiger partial charge in [-0.05, 0) is 25.0 Å². The Balaban J connectivity index is 2.45. The van der Waals surface area contributed by atoms with Crippen LogP contribution in [0.15, 0.2) is 21.7 Å². The summed E-state index contributed by atoms with van der Waals surface area (Å²) in [6.45, 7) is 4.13. The molecule has 0 unspecified atom stereocenters. The summed E-state index contributed by atoms with van der Waals surface area (Å²) in [6.07, 6.45) is 0. The molecule has 0 saturated heterocycles. The number of hydrogen-bond acceptors (Lipinski definition) is 4. The van der Waals surface area contributed by atoms with Gasteiger partial charge in [0.05, 0.1) is 0 Å². The Labute approximate surface area is 95.0 Å². The number of nitrogens with zero attached hydrogens (tertiary/aromatic N) is 1. The standard InChI is InChI=1S/C9H16N2O2S2/c1-3-11(2)7-6-10-15(12,13)9-5-4-8-14-9/h4-5,8,10H,3,6-7H2,1-2H3. The van der Waals surface area contributed by atoms with Gasteiger partial charge in [0, 0.05) is 13.1 Å². The van der Waals surface area contributed by atoms with E-state index in [0.29, 0.717) is 10.8 Å². The van der Waals surface area contributed by atoms with E-state index in [1.807, 2.05) is 14.0 Å². The van der Waals surface area contributed by atoms with E-state index in [1.165, 1.54) is 11.3 Å². The predicted octanol–water partition coefficient (Wildman–Crippen LogP) is 0.978. The molecule has 86 valence electrons. The van der Waals surface area contributed by atoms with Crippen molar-refractivity contribution < 1.29 is 8.42 Å². The highest BCUT2D eigenvalue weighted by Gasteiger charge is 2.13. The minimum Gasteiger partial charge on any atom is -0.305 e. The van der Waals surface area contributed by atoms with Gasteiger partial charge in [-0.15, -0.1) is 11.3 Å². The molecule has 1 aromatic rings. The number of nitrogens with one attached hydrogen (secondary N) is 1. The fraction of sp³-hybridized carbons (Fsp3) is 0.556. The maximum absolute atomic E-state index is 11.6. The van der Waals surface area contributed by atoms with Crippen molar-refractivity contribution in [2.45, 2.75) is 11.1 Å². The van der Waals surface area contributed by atoms with Gasteiger partial charge in [-0.1, -0.05) is 13.0 Å². The van der Waals surface area contributed by atoms with Gasteiger partial charge in [0.2, 0.25) is 10.0 Å². The molecular formula is C9H16N2O2S2. The van der Waals surface area contributed by atoms with Crippen molar-refractivity contribution in [2.24, 2.45) is 0 Å². The topological polar surface area (TPSA) is 49.4 Å². The molecule has 1 rings (SSSR count). The highest BCUT2D eigenvalue weighted by Crippen LogP contribution is 2.14. The number of thiophene rings is 1. The molecule has 0 aliphatic carbocycles. The summed E-state index contributed by atoms with van der Waals surface area (Å²) in [4.78, 5) is 2.05. The Morgan fingerprint density at radius 1 is 1.53 bits per heavy atom. The number of rotatable bonds is 6. The van der Waals surface area contributed by atoms with Crippen LogP contribution in [-0.4, -0.2) is 40.0 Å². The fourth-order valence-corrected chi connectivity index (χ4v) is 3.08. The lowest BCUT2D eigenvalue weighted by atomic mass is 10.5. The van der Waals surface area contributed by atoms with E-state index in [4.69, 9.17) is 0 Å². The second-order valence-electron chi connectivity index (χ2n) is 3.23. The van der Waals surface area contributed by atoms with Crippen LogP contribution in [-0.2, 0) is 10.0 Å². The lowest BCUT2D eigenvalue weighted by Crippen LogP contribution is -2.32. The predicted molar refractivity (Wildman–Crippen MR) is 62.7 cm³/mol. The van der Waals surface area contributed by atoms with Crippen LogP contribution in [0.2, 0.25) is 0 Å². The van der Waals surface area contributed by atoms with Crippen LogP contribution in [0.25, 0.3) is 0 Å². The summed E-state index contributed by atoms with van der Waals surface area (Å²) >= 11 is 1.23. The number of sulfonamides is 1.